The Hall–Kier alpha value is -4.12. The number of nitrogens with zero attached hydrogens (tertiary/aromatic N) is 1. The largest absolute Gasteiger partial charge is 0.496 e. The first-order valence-electron chi connectivity index (χ1n) is 10.6. The molecule has 2 amide bonds. The predicted molar refractivity (Wildman–Crippen MR) is 127 cm³/mol. The average Bonchev–Trinajstić information content (AvgIpc) is 3.22. The molecule has 11 heteroatoms. The molecule has 8 nitrogen and oxygen atoms in total. The topological polar surface area (TPSA) is 103 Å². The van der Waals surface area contributed by atoms with Crippen molar-refractivity contribution in [2.75, 3.05) is 24.9 Å². The van der Waals surface area contributed by atoms with Gasteiger partial charge >= 0.3 is 12.2 Å². The molecular weight excluding hydrogens is 463 g/mol. The second-order valence-electron chi connectivity index (χ2n) is 7.78. The van der Waals surface area contributed by atoms with Gasteiger partial charge in [0.25, 0.3) is 0 Å². The summed E-state index contributed by atoms with van der Waals surface area (Å²) in [7, 11) is 2.41. The number of methoxy groups -OCH3 is 2. The van der Waals surface area contributed by atoms with Crippen molar-refractivity contribution in [1.29, 1.82) is 0 Å². The number of hydrogen-bond acceptors (Lipinski definition) is 5. The van der Waals surface area contributed by atoms with E-state index in [9.17, 15) is 18.0 Å². The first kappa shape index (κ1) is 24.0. The lowest BCUT2D eigenvalue weighted by molar-refractivity contribution is -0.138. The molecule has 1 aliphatic rings. The number of anilines is 2. The van der Waals surface area contributed by atoms with Gasteiger partial charge in [-0.2, -0.15) is 13.2 Å². The van der Waals surface area contributed by atoms with Crippen LogP contribution in [0.15, 0.2) is 66.5 Å². The Morgan fingerprint density at radius 3 is 2.54 bits per heavy atom. The summed E-state index contributed by atoms with van der Waals surface area (Å²) in [6, 6.07) is 8.38. The molecule has 1 unspecified atom stereocenters. The predicted octanol–water partition coefficient (Wildman–Crippen LogP) is 4.65. The molecule has 1 aliphatic heterocycles. The molecule has 0 radical (unpaired) electrons. The third-order valence-electron chi connectivity index (χ3n) is 5.47. The van der Waals surface area contributed by atoms with E-state index in [4.69, 9.17) is 15.2 Å². The Labute approximate surface area is 199 Å². The summed E-state index contributed by atoms with van der Waals surface area (Å²) >= 11 is 0. The summed E-state index contributed by atoms with van der Waals surface area (Å²) in [6.07, 6.45) is 2.59. The number of carbonyl (C=O) groups excluding carboxylic acids is 1. The number of urea groups is 1. The van der Waals surface area contributed by atoms with Crippen LogP contribution in [0.1, 0.15) is 5.56 Å². The van der Waals surface area contributed by atoms with Gasteiger partial charge in [-0.25, -0.2) is 4.79 Å². The zero-order chi connectivity index (χ0) is 25.2. The summed E-state index contributed by atoms with van der Waals surface area (Å²) in [5, 5.41) is 8.90. The number of allylic oxidation sites excluding steroid dienone is 2. The molecule has 2 aromatic carbocycles. The number of hydrogen-bond donors (Lipinski definition) is 4. The molecule has 184 valence electrons. The van der Waals surface area contributed by atoms with E-state index in [1.165, 1.54) is 7.11 Å². The van der Waals surface area contributed by atoms with Crippen molar-refractivity contribution >= 4 is 28.3 Å². The van der Waals surface area contributed by atoms with Crippen LogP contribution in [-0.2, 0) is 12.7 Å². The van der Waals surface area contributed by atoms with Crippen molar-refractivity contribution < 1.29 is 27.4 Å². The standard InChI is InChI=1S/C24H24F3N5O3/c1-34-20-12-21(35-2)18(11-16(20)24(25,26)27)31-23(33)30-17-4-3-5-19-15(17)7-9-32(19)13-14-6-8-29-22(28)10-14/h3-12,22,29H,13,28H2,1-2H3,(H2,30,31,33). The number of nitrogens with two attached hydrogens (primary N) is 1. The average molecular weight is 487 g/mol. The number of nitrogens with one attached hydrogen (secondary N) is 3. The van der Waals surface area contributed by atoms with E-state index in [2.05, 4.69) is 16.0 Å². The molecule has 5 N–H and O–H groups in total. The number of fused-ring (bicyclic) bond motifs is 1. The number of amides is 2. The number of dihydropyridines is 1. The molecule has 0 fully saturated rings. The van der Waals surface area contributed by atoms with Crippen LogP contribution < -0.4 is 31.2 Å². The number of alkyl halides is 3. The molecule has 4 rings (SSSR count). The lowest BCUT2D eigenvalue weighted by Gasteiger charge is -2.17. The van der Waals surface area contributed by atoms with Crippen LogP contribution in [0.3, 0.4) is 0 Å². The molecule has 2 heterocycles. The maximum atomic E-state index is 13.4. The van der Waals surface area contributed by atoms with Gasteiger partial charge < -0.3 is 35.7 Å². The minimum absolute atomic E-state index is 0.0240. The van der Waals surface area contributed by atoms with E-state index in [-0.39, 0.29) is 17.6 Å². The number of ether oxygens (including phenoxy) is 2. The van der Waals surface area contributed by atoms with Gasteiger partial charge in [0.1, 0.15) is 11.5 Å². The fraction of sp³-hybridized carbons (Fsp3) is 0.208. The Balaban J connectivity index is 1.57. The van der Waals surface area contributed by atoms with Gasteiger partial charge in [-0.1, -0.05) is 6.07 Å². The molecule has 0 aliphatic carbocycles. The van der Waals surface area contributed by atoms with Crippen molar-refractivity contribution in [1.82, 2.24) is 9.88 Å². The third kappa shape index (κ3) is 5.19. The number of aromatic nitrogens is 1. The Kier molecular flexibility index (Phi) is 6.61. The molecule has 0 bridgehead atoms. The lowest BCUT2D eigenvalue weighted by atomic mass is 10.1. The Morgan fingerprint density at radius 1 is 1.11 bits per heavy atom. The number of halogens is 3. The molecule has 0 saturated heterocycles. The smallest absolute Gasteiger partial charge is 0.420 e. The fourth-order valence-corrected chi connectivity index (χ4v) is 3.87. The van der Waals surface area contributed by atoms with E-state index < -0.39 is 23.5 Å². The molecular formula is C24H24F3N5O3. The second kappa shape index (κ2) is 9.63. The first-order valence-corrected chi connectivity index (χ1v) is 10.6. The molecule has 3 aromatic rings. The molecule has 1 atom stereocenters. The summed E-state index contributed by atoms with van der Waals surface area (Å²) in [5.74, 6) is -0.387. The van der Waals surface area contributed by atoms with Crippen LogP contribution in [0.25, 0.3) is 10.9 Å². The summed E-state index contributed by atoms with van der Waals surface area (Å²) in [5.41, 5.74) is 7.10. The number of benzene rings is 2. The lowest BCUT2D eigenvalue weighted by Crippen LogP contribution is -2.33. The van der Waals surface area contributed by atoms with E-state index in [0.29, 0.717) is 12.2 Å². The highest BCUT2D eigenvalue weighted by Crippen LogP contribution is 2.42. The van der Waals surface area contributed by atoms with Gasteiger partial charge in [0.05, 0.1) is 42.8 Å². The second-order valence-corrected chi connectivity index (χ2v) is 7.78. The van der Waals surface area contributed by atoms with Gasteiger partial charge in [-0.3, -0.25) is 0 Å². The third-order valence-corrected chi connectivity index (χ3v) is 5.47. The van der Waals surface area contributed by atoms with Crippen LogP contribution in [0.4, 0.5) is 29.3 Å². The van der Waals surface area contributed by atoms with Crippen molar-refractivity contribution in [3.8, 4) is 11.5 Å². The van der Waals surface area contributed by atoms with Crippen LogP contribution in [0.2, 0.25) is 0 Å². The number of carbonyl (C=O) groups is 1. The Bertz CT molecular complexity index is 1310. The maximum Gasteiger partial charge on any atom is 0.420 e. The highest BCUT2D eigenvalue weighted by atomic mass is 19.4. The fourth-order valence-electron chi connectivity index (χ4n) is 3.87. The van der Waals surface area contributed by atoms with Crippen molar-refractivity contribution in [2.24, 2.45) is 5.73 Å². The molecule has 1 aromatic heterocycles. The summed E-state index contributed by atoms with van der Waals surface area (Å²) in [6.45, 7) is 0.578. The quantitative estimate of drug-likeness (QED) is 0.406. The molecule has 0 spiro atoms. The van der Waals surface area contributed by atoms with E-state index >= 15 is 0 Å². The van der Waals surface area contributed by atoms with Gasteiger partial charge in [0, 0.05) is 24.2 Å². The van der Waals surface area contributed by atoms with Crippen LogP contribution in [0.5, 0.6) is 11.5 Å². The van der Waals surface area contributed by atoms with Crippen molar-refractivity contribution in [3.63, 3.8) is 0 Å². The van der Waals surface area contributed by atoms with E-state index in [1.807, 2.05) is 35.0 Å². The zero-order valence-electron chi connectivity index (χ0n) is 18.9. The van der Waals surface area contributed by atoms with Gasteiger partial charge in [-0.15, -0.1) is 0 Å². The van der Waals surface area contributed by atoms with Crippen LogP contribution in [0, 0.1) is 0 Å². The minimum Gasteiger partial charge on any atom is -0.496 e. The monoisotopic (exact) mass is 487 g/mol. The normalized spacial score (nSPS) is 15.4. The number of rotatable bonds is 6. The van der Waals surface area contributed by atoms with Gasteiger partial charge in [0.15, 0.2) is 0 Å². The molecule has 0 saturated carbocycles. The highest BCUT2D eigenvalue weighted by molar-refractivity contribution is 6.06. The van der Waals surface area contributed by atoms with Gasteiger partial charge in [0.2, 0.25) is 0 Å². The molecule has 35 heavy (non-hydrogen) atoms. The van der Waals surface area contributed by atoms with Crippen LogP contribution in [-0.4, -0.2) is 31.0 Å². The first-order chi connectivity index (χ1) is 16.7. The van der Waals surface area contributed by atoms with Crippen LogP contribution >= 0.6 is 0 Å². The summed E-state index contributed by atoms with van der Waals surface area (Å²) < 4.78 is 52.3. The zero-order valence-corrected chi connectivity index (χ0v) is 18.9. The van der Waals surface area contributed by atoms with Crippen molar-refractivity contribution in [3.05, 3.63) is 72.1 Å². The van der Waals surface area contributed by atoms with E-state index in [1.54, 1.807) is 18.3 Å². The highest BCUT2D eigenvalue weighted by Gasteiger charge is 2.35. The maximum absolute atomic E-state index is 13.4. The van der Waals surface area contributed by atoms with E-state index in [0.717, 1.165) is 35.7 Å². The van der Waals surface area contributed by atoms with Gasteiger partial charge in [-0.05, 0) is 48.2 Å². The van der Waals surface area contributed by atoms with Crippen molar-refractivity contribution in [2.45, 2.75) is 18.9 Å². The SMILES string of the molecule is COc1cc(OC)c(C(F)(F)F)cc1NC(=O)Nc1cccc2c1ccn2CC1=CC(N)NC=C1. The summed E-state index contributed by atoms with van der Waals surface area (Å²) in [4.78, 5) is 12.7. The Morgan fingerprint density at radius 2 is 1.86 bits per heavy atom. The minimum atomic E-state index is -4.68.